The molecule has 2 atom stereocenters. The first-order valence-corrected chi connectivity index (χ1v) is 10.1. The Bertz CT molecular complexity index is 1190. The van der Waals surface area contributed by atoms with E-state index in [-0.39, 0.29) is 24.4 Å². The number of nitro benzene ring substituents is 1. The van der Waals surface area contributed by atoms with E-state index in [0.717, 1.165) is 5.39 Å². The van der Waals surface area contributed by atoms with Crippen LogP contribution in [-0.4, -0.2) is 45.5 Å². The lowest BCUT2D eigenvalue weighted by Crippen LogP contribution is -2.46. The van der Waals surface area contributed by atoms with Gasteiger partial charge in [0.2, 0.25) is 0 Å². The highest BCUT2D eigenvalue weighted by molar-refractivity contribution is 5.97. The molecule has 0 bridgehead atoms. The molecule has 2 N–H and O–H groups in total. The average molecular weight is 451 g/mol. The van der Waals surface area contributed by atoms with Crippen molar-refractivity contribution in [1.82, 2.24) is 10.3 Å². The fourth-order valence-corrected chi connectivity index (χ4v) is 3.41. The summed E-state index contributed by atoms with van der Waals surface area (Å²) in [6.07, 6.45) is -0.353. The molecule has 0 spiro atoms. The molecule has 0 aliphatic rings. The van der Waals surface area contributed by atoms with Crippen LogP contribution in [0.5, 0.6) is 0 Å². The van der Waals surface area contributed by atoms with Crippen molar-refractivity contribution < 1.29 is 29.2 Å². The molecule has 1 aromatic heterocycles. The van der Waals surface area contributed by atoms with Crippen LogP contribution >= 0.6 is 0 Å². The number of non-ortho nitro benzene ring substituents is 1. The standard InChI is InChI=1S/C23H21N3O7/c1-2-33-20(27)13-17(14-7-10-16(11-8-14)26(31)32)21(23(29)30)25-22(28)19-12-9-15-5-3-4-6-18(15)24-19/h3-12,17,21H,2,13H2,1H3,(H,25,28)(H,29,30)/t17-,21+/m1/s1. The maximum atomic E-state index is 12.9. The second-order valence-electron chi connectivity index (χ2n) is 7.14. The Labute approximate surface area is 188 Å². The third kappa shape index (κ3) is 5.67. The number of nitrogens with zero attached hydrogens (tertiary/aromatic N) is 2. The normalized spacial score (nSPS) is 12.5. The van der Waals surface area contributed by atoms with Crippen molar-refractivity contribution in [3.05, 3.63) is 82.0 Å². The number of ether oxygens (including phenoxy) is 1. The number of hydrogen-bond donors (Lipinski definition) is 2. The SMILES string of the molecule is CCOC(=O)C[C@H](c1ccc([N+](=O)[O-])cc1)[C@H](NC(=O)c1ccc2ccccc2n1)C(=O)O. The van der Waals surface area contributed by atoms with Gasteiger partial charge in [0.15, 0.2) is 0 Å². The van der Waals surface area contributed by atoms with Gasteiger partial charge in [0.05, 0.1) is 23.5 Å². The largest absolute Gasteiger partial charge is 0.480 e. The molecule has 0 fully saturated rings. The van der Waals surface area contributed by atoms with Crippen LogP contribution < -0.4 is 5.32 Å². The monoisotopic (exact) mass is 451 g/mol. The van der Waals surface area contributed by atoms with Crippen molar-refractivity contribution in [2.75, 3.05) is 6.61 Å². The van der Waals surface area contributed by atoms with E-state index in [1.54, 1.807) is 25.1 Å². The zero-order valence-electron chi connectivity index (χ0n) is 17.6. The summed E-state index contributed by atoms with van der Waals surface area (Å²) in [6.45, 7) is 1.71. The van der Waals surface area contributed by atoms with Gasteiger partial charge >= 0.3 is 11.9 Å². The van der Waals surface area contributed by atoms with E-state index in [9.17, 15) is 29.6 Å². The Balaban J connectivity index is 1.92. The molecule has 3 aromatic rings. The number of esters is 1. The number of aromatic nitrogens is 1. The molecule has 3 rings (SSSR count). The number of amides is 1. The smallest absolute Gasteiger partial charge is 0.326 e. The fraction of sp³-hybridized carbons (Fsp3) is 0.217. The summed E-state index contributed by atoms with van der Waals surface area (Å²) in [5.74, 6) is -3.81. The molecular formula is C23H21N3O7. The van der Waals surface area contributed by atoms with E-state index in [2.05, 4.69) is 10.3 Å². The molecular weight excluding hydrogens is 430 g/mol. The van der Waals surface area contributed by atoms with Crippen LogP contribution in [-0.2, 0) is 14.3 Å². The Hall–Kier alpha value is -4.34. The van der Waals surface area contributed by atoms with E-state index < -0.39 is 34.7 Å². The van der Waals surface area contributed by atoms with E-state index in [1.165, 1.54) is 30.3 Å². The number of aliphatic carboxylic acids is 1. The number of carbonyl (C=O) groups is 3. The van der Waals surface area contributed by atoms with Crippen molar-refractivity contribution in [2.24, 2.45) is 0 Å². The van der Waals surface area contributed by atoms with Gasteiger partial charge in [-0.25, -0.2) is 9.78 Å². The minimum absolute atomic E-state index is 0.0125. The van der Waals surface area contributed by atoms with Crippen LogP contribution in [0.2, 0.25) is 0 Å². The Morgan fingerprint density at radius 3 is 2.42 bits per heavy atom. The number of nitrogens with one attached hydrogen (secondary N) is 1. The van der Waals surface area contributed by atoms with Gasteiger partial charge in [-0.2, -0.15) is 0 Å². The highest BCUT2D eigenvalue weighted by Crippen LogP contribution is 2.27. The minimum atomic E-state index is -1.52. The number of rotatable bonds is 9. The lowest BCUT2D eigenvalue weighted by atomic mass is 9.88. The number of carboxylic acid groups (broad SMARTS) is 1. The maximum Gasteiger partial charge on any atom is 0.326 e. The van der Waals surface area contributed by atoms with Gasteiger partial charge in [-0.15, -0.1) is 0 Å². The molecule has 0 saturated heterocycles. The van der Waals surface area contributed by atoms with Crippen molar-refractivity contribution >= 4 is 34.4 Å². The van der Waals surface area contributed by atoms with Gasteiger partial charge in [0.1, 0.15) is 11.7 Å². The van der Waals surface area contributed by atoms with Gasteiger partial charge in [-0.3, -0.25) is 19.7 Å². The Morgan fingerprint density at radius 1 is 1.09 bits per heavy atom. The van der Waals surface area contributed by atoms with Crippen LogP contribution in [0.1, 0.15) is 35.3 Å². The number of hydrogen-bond acceptors (Lipinski definition) is 7. The van der Waals surface area contributed by atoms with Gasteiger partial charge in [0.25, 0.3) is 11.6 Å². The van der Waals surface area contributed by atoms with Crippen LogP contribution in [0, 0.1) is 10.1 Å². The summed E-state index contributed by atoms with van der Waals surface area (Å²) in [7, 11) is 0. The third-order valence-electron chi connectivity index (χ3n) is 5.01. The molecule has 1 heterocycles. The summed E-state index contributed by atoms with van der Waals surface area (Å²) in [5.41, 5.74) is 0.715. The number of carboxylic acids is 1. The summed E-state index contributed by atoms with van der Waals surface area (Å²) < 4.78 is 4.96. The van der Waals surface area contributed by atoms with E-state index in [1.807, 2.05) is 12.1 Å². The molecule has 33 heavy (non-hydrogen) atoms. The topological polar surface area (TPSA) is 149 Å². The van der Waals surface area contributed by atoms with Crippen LogP contribution in [0.4, 0.5) is 5.69 Å². The molecule has 0 radical (unpaired) electrons. The molecule has 0 unspecified atom stereocenters. The van der Waals surface area contributed by atoms with Crippen LogP contribution in [0.15, 0.2) is 60.7 Å². The Kier molecular flexibility index (Phi) is 7.29. The quantitative estimate of drug-likeness (QED) is 0.286. The summed E-state index contributed by atoms with van der Waals surface area (Å²) >= 11 is 0. The second kappa shape index (κ2) is 10.3. The summed E-state index contributed by atoms with van der Waals surface area (Å²) in [4.78, 5) is 51.8. The molecule has 10 nitrogen and oxygen atoms in total. The van der Waals surface area contributed by atoms with Crippen LogP contribution in [0.3, 0.4) is 0 Å². The number of para-hydroxylation sites is 1. The molecule has 2 aromatic carbocycles. The van der Waals surface area contributed by atoms with Crippen molar-refractivity contribution in [3.63, 3.8) is 0 Å². The van der Waals surface area contributed by atoms with Gasteiger partial charge in [0, 0.05) is 23.4 Å². The number of benzene rings is 2. The van der Waals surface area contributed by atoms with Crippen LogP contribution in [0.25, 0.3) is 10.9 Å². The average Bonchev–Trinajstić information content (AvgIpc) is 2.81. The lowest BCUT2D eigenvalue weighted by molar-refractivity contribution is -0.384. The zero-order valence-corrected chi connectivity index (χ0v) is 17.6. The lowest BCUT2D eigenvalue weighted by Gasteiger charge is -2.24. The van der Waals surface area contributed by atoms with Crippen molar-refractivity contribution in [2.45, 2.75) is 25.3 Å². The maximum absolute atomic E-state index is 12.9. The second-order valence-corrected chi connectivity index (χ2v) is 7.14. The van der Waals surface area contributed by atoms with E-state index in [0.29, 0.717) is 11.1 Å². The summed E-state index contributed by atoms with van der Waals surface area (Å²) in [6, 6.07) is 13.9. The molecule has 170 valence electrons. The first kappa shape index (κ1) is 23.3. The highest BCUT2D eigenvalue weighted by Gasteiger charge is 2.34. The highest BCUT2D eigenvalue weighted by atomic mass is 16.6. The molecule has 0 saturated carbocycles. The molecule has 0 aliphatic carbocycles. The van der Waals surface area contributed by atoms with E-state index >= 15 is 0 Å². The number of nitro groups is 1. The molecule has 10 heteroatoms. The minimum Gasteiger partial charge on any atom is -0.480 e. The molecule has 0 aliphatic heterocycles. The first-order valence-electron chi connectivity index (χ1n) is 10.1. The molecule has 1 amide bonds. The third-order valence-corrected chi connectivity index (χ3v) is 5.01. The van der Waals surface area contributed by atoms with Gasteiger partial charge in [-0.1, -0.05) is 36.4 Å². The first-order chi connectivity index (χ1) is 15.8. The number of pyridine rings is 1. The van der Waals surface area contributed by atoms with Gasteiger partial charge in [-0.05, 0) is 24.6 Å². The zero-order chi connectivity index (χ0) is 24.0. The van der Waals surface area contributed by atoms with Crippen molar-refractivity contribution in [3.8, 4) is 0 Å². The number of fused-ring (bicyclic) bond motifs is 1. The van der Waals surface area contributed by atoms with E-state index in [4.69, 9.17) is 4.74 Å². The predicted octanol–water partition coefficient (Wildman–Crippen LogP) is 3.06. The van der Waals surface area contributed by atoms with Gasteiger partial charge < -0.3 is 15.2 Å². The Morgan fingerprint density at radius 2 is 1.79 bits per heavy atom. The fourth-order valence-electron chi connectivity index (χ4n) is 3.41. The predicted molar refractivity (Wildman–Crippen MR) is 118 cm³/mol. The summed E-state index contributed by atoms with van der Waals surface area (Å²) in [5, 5.41) is 24.1. The van der Waals surface area contributed by atoms with Crippen molar-refractivity contribution in [1.29, 1.82) is 0 Å². The number of carbonyl (C=O) groups excluding carboxylic acids is 2.